The number of nitrogens with zero attached hydrogens (tertiary/aromatic N) is 1. The van der Waals surface area contributed by atoms with Crippen molar-refractivity contribution < 1.29 is 29.0 Å². The second kappa shape index (κ2) is 13.8. The van der Waals surface area contributed by atoms with E-state index < -0.39 is 11.4 Å². The second-order valence-electron chi connectivity index (χ2n) is 20.3. The molecular weight excluding hydrogens is 626 g/mol. The number of fused-ring (bicyclic) bond motifs is 7. The van der Waals surface area contributed by atoms with Crippen LogP contribution in [0.15, 0.2) is 12.2 Å². The minimum atomic E-state index is -0.882. The maximum Gasteiger partial charge on any atom is 0.306 e. The maximum atomic E-state index is 13.2. The monoisotopic (exact) mass is 698 g/mol. The topological polar surface area (TPSA) is 93.1 Å². The molecule has 284 valence electrons. The molecule has 5 aliphatic rings. The molecule has 0 radical (unpaired) electrons. The molecule has 0 heterocycles. The number of likely N-dealkylation sites (N-methyl/N-ethyl adjacent to an activating group) is 1. The molecule has 5 rings (SSSR count). The summed E-state index contributed by atoms with van der Waals surface area (Å²) in [5, 5.41) is 9.33. The summed E-state index contributed by atoms with van der Waals surface area (Å²) in [7, 11) is 4.01. The lowest BCUT2D eigenvalue weighted by Gasteiger charge is -2.73. The largest absolute Gasteiger partial charge is 0.481 e. The molecule has 10 atom stereocenters. The number of esters is 2. The highest BCUT2D eigenvalue weighted by Gasteiger charge is 2.71. The smallest absolute Gasteiger partial charge is 0.306 e. The number of allylic oxidation sites excluding steroid dienone is 1. The summed E-state index contributed by atoms with van der Waals surface area (Å²) in [5.74, 6) is 1.63. The van der Waals surface area contributed by atoms with Gasteiger partial charge in [-0.3, -0.25) is 14.4 Å². The molecular formula is C43H71NO6. The average Bonchev–Trinajstić information content (AvgIpc) is 3.37. The van der Waals surface area contributed by atoms with Crippen LogP contribution < -0.4 is 0 Å². The predicted molar refractivity (Wildman–Crippen MR) is 198 cm³/mol. The molecule has 5 aliphatic carbocycles. The summed E-state index contributed by atoms with van der Waals surface area (Å²) in [6.07, 6.45) is 13.0. The van der Waals surface area contributed by atoms with Gasteiger partial charge in [0, 0.05) is 18.4 Å². The standard InChI is InChI=1S/C43H71NO6/c1-28(2)29-14-20-43(21-17-35(47)49-25-24-44(10)11)23-22-41(8)30(37(29)43)12-13-32-40(7)18-16-33(39(5,6)31(40)15-19-42(32,41)9)50-36(48)27-38(3,4)26-34(45)46/h29-33,37H,1,12-27H2,2-11H3,(H,45,46)/t29-,30+,31-,32+,33-,37+,40-,41+,42+,43-/m0/s1. The summed E-state index contributed by atoms with van der Waals surface area (Å²) in [4.78, 5) is 39.6. The van der Waals surface area contributed by atoms with Gasteiger partial charge in [0.05, 0.1) is 12.8 Å². The lowest BCUT2D eigenvalue weighted by atomic mass is 9.32. The van der Waals surface area contributed by atoms with Crippen molar-refractivity contribution in [3.63, 3.8) is 0 Å². The quantitative estimate of drug-likeness (QED) is 0.161. The van der Waals surface area contributed by atoms with Crippen molar-refractivity contribution in [3.8, 4) is 0 Å². The summed E-state index contributed by atoms with van der Waals surface area (Å²) >= 11 is 0. The van der Waals surface area contributed by atoms with E-state index in [9.17, 15) is 19.5 Å². The van der Waals surface area contributed by atoms with Crippen LogP contribution in [0.2, 0.25) is 0 Å². The average molecular weight is 698 g/mol. The van der Waals surface area contributed by atoms with Crippen LogP contribution in [0.5, 0.6) is 0 Å². The van der Waals surface area contributed by atoms with Gasteiger partial charge in [0.1, 0.15) is 12.7 Å². The highest BCUT2D eigenvalue weighted by atomic mass is 16.5. The number of carbonyl (C=O) groups is 3. The number of carboxylic acid groups (broad SMARTS) is 1. The molecule has 0 aromatic carbocycles. The van der Waals surface area contributed by atoms with Gasteiger partial charge < -0.3 is 19.5 Å². The SMILES string of the molecule is C=C(C)[C@@H]1CC[C@]2(CCC(=O)OCCN(C)C)CC[C@]3(C)[C@H](CC[C@@H]4[C@@]5(C)CC[C@H](OC(=O)CC(C)(C)CC(=O)O)C(C)(C)[C@@H]5CC[C@]43C)[C@@H]12. The number of aliphatic carboxylic acids is 1. The third kappa shape index (κ3) is 6.84. The Morgan fingerprint density at radius 1 is 0.840 bits per heavy atom. The number of ether oxygens (including phenoxy) is 2. The zero-order valence-electron chi connectivity index (χ0n) is 33.4. The Morgan fingerprint density at radius 2 is 1.54 bits per heavy atom. The van der Waals surface area contributed by atoms with E-state index in [0.29, 0.717) is 42.6 Å². The third-order valence-electron chi connectivity index (χ3n) is 16.3. The van der Waals surface area contributed by atoms with E-state index in [0.717, 1.165) is 32.2 Å². The first-order chi connectivity index (χ1) is 23.1. The van der Waals surface area contributed by atoms with Crippen LogP contribution in [0.3, 0.4) is 0 Å². The second-order valence-corrected chi connectivity index (χ2v) is 20.3. The van der Waals surface area contributed by atoms with Gasteiger partial charge in [-0.2, -0.15) is 0 Å². The fourth-order valence-electron chi connectivity index (χ4n) is 13.7. The van der Waals surface area contributed by atoms with E-state index in [4.69, 9.17) is 9.47 Å². The fraction of sp³-hybridized carbons (Fsp3) is 0.884. The normalized spacial score (nSPS) is 40.5. The molecule has 50 heavy (non-hydrogen) atoms. The van der Waals surface area contributed by atoms with Crippen molar-refractivity contribution >= 4 is 17.9 Å². The number of carboxylic acids is 1. The molecule has 0 aromatic heterocycles. The molecule has 0 aliphatic heterocycles. The van der Waals surface area contributed by atoms with Crippen LogP contribution >= 0.6 is 0 Å². The van der Waals surface area contributed by atoms with Crippen LogP contribution in [-0.2, 0) is 23.9 Å². The minimum Gasteiger partial charge on any atom is -0.481 e. The molecule has 0 spiro atoms. The van der Waals surface area contributed by atoms with E-state index >= 15 is 0 Å². The molecule has 0 saturated heterocycles. The third-order valence-corrected chi connectivity index (χ3v) is 16.3. The molecule has 0 unspecified atom stereocenters. The van der Waals surface area contributed by atoms with Gasteiger partial charge >= 0.3 is 17.9 Å². The number of rotatable bonds is 12. The lowest BCUT2D eigenvalue weighted by Crippen LogP contribution is -2.66. The zero-order chi connectivity index (χ0) is 37.1. The van der Waals surface area contributed by atoms with Crippen molar-refractivity contribution in [2.24, 2.45) is 62.1 Å². The van der Waals surface area contributed by atoms with E-state index in [1.54, 1.807) is 0 Å². The van der Waals surface area contributed by atoms with E-state index in [-0.39, 0.29) is 58.0 Å². The Balaban J connectivity index is 1.35. The Morgan fingerprint density at radius 3 is 2.18 bits per heavy atom. The Hall–Kier alpha value is -1.89. The number of carbonyl (C=O) groups excluding carboxylic acids is 2. The van der Waals surface area contributed by atoms with Crippen molar-refractivity contribution in [1.82, 2.24) is 4.90 Å². The van der Waals surface area contributed by atoms with E-state index in [1.165, 1.54) is 50.5 Å². The van der Waals surface area contributed by atoms with Crippen molar-refractivity contribution in [2.45, 2.75) is 151 Å². The zero-order valence-corrected chi connectivity index (χ0v) is 33.4. The van der Waals surface area contributed by atoms with Gasteiger partial charge in [-0.25, -0.2) is 0 Å². The van der Waals surface area contributed by atoms with E-state index in [2.05, 4.69) is 53.0 Å². The first-order valence-corrected chi connectivity index (χ1v) is 20.0. The number of hydrogen-bond acceptors (Lipinski definition) is 6. The maximum absolute atomic E-state index is 13.2. The summed E-state index contributed by atoms with van der Waals surface area (Å²) in [5.41, 5.74) is 1.36. The first kappa shape index (κ1) is 39.3. The van der Waals surface area contributed by atoms with Crippen molar-refractivity contribution in [1.29, 1.82) is 0 Å². The predicted octanol–water partition coefficient (Wildman–Crippen LogP) is 9.33. The molecule has 0 amide bonds. The minimum absolute atomic E-state index is 0.0399. The van der Waals surface area contributed by atoms with Crippen molar-refractivity contribution in [3.05, 3.63) is 12.2 Å². The van der Waals surface area contributed by atoms with E-state index in [1.807, 2.05) is 27.9 Å². The molecule has 1 N–H and O–H groups in total. The molecule has 5 fully saturated rings. The molecule has 5 saturated carbocycles. The van der Waals surface area contributed by atoms with Crippen LogP contribution in [0.4, 0.5) is 0 Å². The summed E-state index contributed by atoms with van der Waals surface area (Å²) in [6.45, 7) is 24.3. The van der Waals surface area contributed by atoms with Gasteiger partial charge in [0.25, 0.3) is 0 Å². The van der Waals surface area contributed by atoms with Gasteiger partial charge in [-0.1, -0.05) is 60.6 Å². The van der Waals surface area contributed by atoms with Crippen LogP contribution in [-0.4, -0.2) is 61.3 Å². The van der Waals surface area contributed by atoms with Crippen LogP contribution in [0, 0.1) is 62.1 Å². The Kier molecular flexibility index (Phi) is 10.9. The Labute approximate surface area is 304 Å². The molecule has 0 bridgehead atoms. The summed E-state index contributed by atoms with van der Waals surface area (Å²) < 4.78 is 11.9. The highest BCUT2D eigenvalue weighted by Crippen LogP contribution is 2.78. The van der Waals surface area contributed by atoms with Crippen molar-refractivity contribution in [2.75, 3.05) is 27.2 Å². The van der Waals surface area contributed by atoms with Gasteiger partial charge in [0.2, 0.25) is 0 Å². The fourth-order valence-corrected chi connectivity index (χ4v) is 13.7. The number of hydrogen-bond donors (Lipinski definition) is 1. The Bertz CT molecular complexity index is 1320. The lowest BCUT2D eigenvalue weighted by molar-refractivity contribution is -0.250. The first-order valence-electron chi connectivity index (χ1n) is 20.0. The highest BCUT2D eigenvalue weighted by molar-refractivity contribution is 5.73. The summed E-state index contributed by atoms with van der Waals surface area (Å²) in [6, 6.07) is 0. The molecule has 7 nitrogen and oxygen atoms in total. The van der Waals surface area contributed by atoms with Crippen LogP contribution in [0.1, 0.15) is 145 Å². The van der Waals surface area contributed by atoms with Gasteiger partial charge in [0.15, 0.2) is 0 Å². The molecule has 0 aromatic rings. The van der Waals surface area contributed by atoms with Gasteiger partial charge in [-0.05, 0) is 148 Å². The van der Waals surface area contributed by atoms with Gasteiger partial charge in [-0.15, -0.1) is 0 Å². The molecule has 7 heteroatoms. The van der Waals surface area contributed by atoms with Crippen LogP contribution in [0.25, 0.3) is 0 Å².